The number of nitrogens with one attached hydrogen (secondary N) is 1. The molecule has 0 aliphatic heterocycles. The number of carbonyl (C=O) groups excluding carboxylic acids is 1. The highest BCUT2D eigenvalue weighted by molar-refractivity contribution is 7.21. The van der Waals surface area contributed by atoms with Crippen LogP contribution in [-0.4, -0.2) is 10.9 Å². The first-order valence-corrected chi connectivity index (χ1v) is 9.76. The fourth-order valence-corrected chi connectivity index (χ4v) is 4.80. The minimum atomic E-state index is -4.47. The quantitative estimate of drug-likeness (QED) is 0.605. The molecule has 8 heteroatoms. The van der Waals surface area contributed by atoms with E-state index in [9.17, 15) is 18.0 Å². The van der Waals surface area contributed by atoms with Crippen LogP contribution in [0.25, 0.3) is 10.2 Å². The van der Waals surface area contributed by atoms with E-state index in [1.165, 1.54) is 29.0 Å². The molecule has 0 unspecified atom stereocenters. The maximum Gasteiger partial charge on any atom is 0.416 e. The molecule has 2 heterocycles. The highest BCUT2D eigenvalue weighted by atomic mass is 32.1. The fourth-order valence-electron chi connectivity index (χ4n) is 3.73. The van der Waals surface area contributed by atoms with Gasteiger partial charge in [0.2, 0.25) is 0 Å². The zero-order valence-corrected chi connectivity index (χ0v) is 15.9. The molecule has 3 aromatic rings. The summed E-state index contributed by atoms with van der Waals surface area (Å²) in [7, 11) is 0. The van der Waals surface area contributed by atoms with E-state index in [1.807, 2.05) is 6.92 Å². The number of hydrogen-bond donors (Lipinski definition) is 2. The number of thiophene rings is 1. The Morgan fingerprint density at radius 3 is 2.64 bits per heavy atom. The third-order valence-corrected chi connectivity index (χ3v) is 6.15. The first-order chi connectivity index (χ1) is 13.3. The maximum atomic E-state index is 12.9. The van der Waals surface area contributed by atoms with Crippen molar-refractivity contribution in [2.24, 2.45) is 0 Å². The first-order valence-electron chi connectivity index (χ1n) is 8.94. The zero-order valence-electron chi connectivity index (χ0n) is 15.1. The van der Waals surface area contributed by atoms with Crippen molar-refractivity contribution < 1.29 is 18.0 Å². The Bertz CT molecular complexity index is 1090. The van der Waals surface area contributed by atoms with Gasteiger partial charge in [-0.05, 0) is 61.9 Å². The normalized spacial score (nSPS) is 14.1. The molecule has 0 bridgehead atoms. The number of pyridine rings is 1. The number of carbonyl (C=O) groups is 1. The molecule has 0 saturated heterocycles. The topological polar surface area (TPSA) is 68.0 Å². The molecule has 0 radical (unpaired) electrons. The van der Waals surface area contributed by atoms with Gasteiger partial charge >= 0.3 is 6.18 Å². The predicted octanol–water partition coefficient (Wildman–Crippen LogP) is 5.34. The molecule has 0 saturated carbocycles. The summed E-state index contributed by atoms with van der Waals surface area (Å²) in [6.07, 6.45) is -0.464. The van der Waals surface area contributed by atoms with Gasteiger partial charge in [0.05, 0.1) is 11.3 Å². The van der Waals surface area contributed by atoms with E-state index >= 15 is 0 Å². The Labute approximate surface area is 163 Å². The third kappa shape index (κ3) is 3.22. The van der Waals surface area contributed by atoms with Crippen LogP contribution in [0.5, 0.6) is 0 Å². The number of fused-ring (bicyclic) bond motifs is 3. The van der Waals surface area contributed by atoms with Crippen molar-refractivity contribution in [2.75, 3.05) is 11.1 Å². The van der Waals surface area contributed by atoms with Crippen molar-refractivity contribution in [2.45, 2.75) is 38.8 Å². The van der Waals surface area contributed by atoms with E-state index in [1.54, 1.807) is 0 Å². The number of nitrogens with zero attached hydrogens (tertiary/aromatic N) is 1. The Morgan fingerprint density at radius 2 is 1.93 bits per heavy atom. The molecule has 28 heavy (non-hydrogen) atoms. The average molecular weight is 405 g/mol. The number of rotatable bonds is 2. The second-order valence-corrected chi connectivity index (χ2v) is 7.92. The number of benzene rings is 1. The summed E-state index contributed by atoms with van der Waals surface area (Å²) in [6.45, 7) is 1.96. The number of halogens is 3. The predicted molar refractivity (Wildman–Crippen MR) is 105 cm³/mol. The molecule has 0 spiro atoms. The van der Waals surface area contributed by atoms with Gasteiger partial charge in [-0.1, -0.05) is 6.07 Å². The number of alkyl halides is 3. The van der Waals surface area contributed by atoms with Gasteiger partial charge in [-0.3, -0.25) is 4.79 Å². The number of amides is 1. The Morgan fingerprint density at radius 1 is 1.21 bits per heavy atom. The van der Waals surface area contributed by atoms with Gasteiger partial charge in [-0.15, -0.1) is 11.3 Å². The van der Waals surface area contributed by atoms with E-state index in [-0.39, 0.29) is 10.6 Å². The van der Waals surface area contributed by atoms with Gasteiger partial charge in [-0.2, -0.15) is 13.2 Å². The molecule has 0 atom stereocenters. The minimum absolute atomic E-state index is 0.0721. The number of nitrogens with two attached hydrogens (primary N) is 1. The van der Waals surface area contributed by atoms with Gasteiger partial charge < -0.3 is 11.1 Å². The lowest BCUT2D eigenvalue weighted by molar-refractivity contribution is -0.137. The van der Waals surface area contributed by atoms with Crippen LogP contribution >= 0.6 is 11.3 Å². The molecular weight excluding hydrogens is 387 g/mol. The Kier molecular flexibility index (Phi) is 4.53. The lowest BCUT2D eigenvalue weighted by Crippen LogP contribution is -2.13. The number of nitrogen functional groups attached to an aromatic ring is 1. The highest BCUT2D eigenvalue weighted by Gasteiger charge is 2.31. The average Bonchev–Trinajstić information content (AvgIpc) is 2.98. The van der Waals surface area contributed by atoms with Crippen molar-refractivity contribution in [1.82, 2.24) is 4.98 Å². The molecular formula is C20H18F3N3OS. The van der Waals surface area contributed by atoms with Gasteiger partial charge in [0.25, 0.3) is 5.91 Å². The fraction of sp³-hybridized carbons (Fsp3) is 0.300. The highest BCUT2D eigenvalue weighted by Crippen LogP contribution is 2.40. The molecule has 1 amide bonds. The zero-order chi connectivity index (χ0) is 20.1. The molecule has 1 aliphatic rings. The van der Waals surface area contributed by atoms with E-state index in [0.717, 1.165) is 54.5 Å². The smallest absolute Gasteiger partial charge is 0.397 e. The van der Waals surface area contributed by atoms with Crippen LogP contribution in [0.2, 0.25) is 0 Å². The molecule has 146 valence electrons. The van der Waals surface area contributed by atoms with Crippen molar-refractivity contribution in [3.63, 3.8) is 0 Å². The van der Waals surface area contributed by atoms with E-state index < -0.39 is 17.6 Å². The number of aryl methyl sites for hydroxylation is 2. The number of aromatic nitrogens is 1. The number of hydrogen-bond acceptors (Lipinski definition) is 4. The standard InChI is InChI=1S/C20H18F3N3OS/c1-10-13-7-2-3-8-14(13)15-16(24)17(28-19(15)25-10)18(27)26-12-6-4-5-11(9-12)20(21,22)23/h4-6,9H,2-3,7-8,24H2,1H3,(H,26,27). The van der Waals surface area contributed by atoms with Crippen molar-refractivity contribution >= 4 is 38.8 Å². The summed E-state index contributed by atoms with van der Waals surface area (Å²) in [5.41, 5.74) is 9.21. The van der Waals surface area contributed by atoms with Crippen LogP contribution < -0.4 is 11.1 Å². The van der Waals surface area contributed by atoms with Crippen LogP contribution in [-0.2, 0) is 19.0 Å². The van der Waals surface area contributed by atoms with E-state index in [4.69, 9.17) is 5.73 Å². The van der Waals surface area contributed by atoms with Crippen LogP contribution in [0, 0.1) is 6.92 Å². The van der Waals surface area contributed by atoms with Crippen molar-refractivity contribution in [1.29, 1.82) is 0 Å². The van der Waals surface area contributed by atoms with Crippen LogP contribution in [0.4, 0.5) is 24.5 Å². The molecule has 2 aromatic heterocycles. The number of anilines is 2. The Hall–Kier alpha value is -2.61. The Balaban J connectivity index is 1.72. The lowest BCUT2D eigenvalue weighted by atomic mass is 9.89. The summed E-state index contributed by atoms with van der Waals surface area (Å²) in [6, 6.07) is 4.54. The molecule has 4 nitrogen and oxygen atoms in total. The van der Waals surface area contributed by atoms with Gasteiger partial charge in [0.1, 0.15) is 9.71 Å². The summed E-state index contributed by atoms with van der Waals surface area (Å²) in [5, 5.41) is 3.35. The summed E-state index contributed by atoms with van der Waals surface area (Å²) in [4.78, 5) is 18.3. The van der Waals surface area contributed by atoms with Gasteiger partial charge in [0, 0.05) is 16.8 Å². The maximum absolute atomic E-state index is 12.9. The lowest BCUT2D eigenvalue weighted by Gasteiger charge is -2.18. The largest absolute Gasteiger partial charge is 0.416 e. The molecule has 3 N–H and O–H groups in total. The van der Waals surface area contributed by atoms with E-state index in [0.29, 0.717) is 10.5 Å². The second-order valence-electron chi connectivity index (χ2n) is 6.92. The molecule has 1 aliphatic carbocycles. The monoisotopic (exact) mass is 405 g/mol. The summed E-state index contributed by atoms with van der Waals surface area (Å²) in [5.74, 6) is -0.526. The summed E-state index contributed by atoms with van der Waals surface area (Å²) >= 11 is 1.18. The molecule has 4 rings (SSSR count). The van der Waals surface area contributed by atoms with Crippen molar-refractivity contribution in [3.05, 3.63) is 51.5 Å². The first kappa shape index (κ1) is 18.7. The van der Waals surface area contributed by atoms with Gasteiger partial charge in [-0.25, -0.2) is 4.98 Å². The van der Waals surface area contributed by atoms with Crippen LogP contribution in [0.15, 0.2) is 24.3 Å². The van der Waals surface area contributed by atoms with Crippen LogP contribution in [0.3, 0.4) is 0 Å². The molecule has 1 aromatic carbocycles. The third-order valence-electron chi connectivity index (χ3n) is 5.06. The van der Waals surface area contributed by atoms with Gasteiger partial charge in [0.15, 0.2) is 0 Å². The summed E-state index contributed by atoms with van der Waals surface area (Å²) < 4.78 is 38.7. The van der Waals surface area contributed by atoms with Crippen molar-refractivity contribution in [3.8, 4) is 0 Å². The minimum Gasteiger partial charge on any atom is -0.397 e. The second kappa shape index (κ2) is 6.77. The molecule has 0 fully saturated rings. The SMILES string of the molecule is Cc1nc2sc(C(=O)Nc3cccc(C(F)(F)F)c3)c(N)c2c2c1CCCC2. The van der Waals surface area contributed by atoms with Crippen LogP contribution in [0.1, 0.15) is 44.9 Å². The van der Waals surface area contributed by atoms with E-state index in [2.05, 4.69) is 10.3 Å².